The van der Waals surface area contributed by atoms with Crippen molar-refractivity contribution < 1.29 is 9.18 Å². The lowest BCUT2D eigenvalue weighted by Crippen LogP contribution is -2.11. The van der Waals surface area contributed by atoms with Gasteiger partial charge in [-0.3, -0.25) is 9.36 Å². The van der Waals surface area contributed by atoms with E-state index in [0.29, 0.717) is 17.9 Å². The number of pyridine rings is 1. The molecule has 28 heavy (non-hydrogen) atoms. The first-order chi connectivity index (χ1) is 13.5. The summed E-state index contributed by atoms with van der Waals surface area (Å²) >= 11 is 0. The Morgan fingerprint density at radius 2 is 1.89 bits per heavy atom. The predicted molar refractivity (Wildman–Crippen MR) is 108 cm³/mol. The van der Waals surface area contributed by atoms with E-state index in [0.717, 1.165) is 28.0 Å². The average Bonchev–Trinajstić information content (AvgIpc) is 3.02. The number of nitrogens with one attached hydrogen (secondary N) is 1. The van der Waals surface area contributed by atoms with Gasteiger partial charge in [-0.05, 0) is 55.0 Å². The number of halogens is 1. The summed E-state index contributed by atoms with van der Waals surface area (Å²) < 4.78 is 15.3. The quantitative estimate of drug-likeness (QED) is 0.550. The summed E-state index contributed by atoms with van der Waals surface area (Å²) in [5, 5.41) is 4.02. The van der Waals surface area contributed by atoms with Gasteiger partial charge in [0.05, 0.1) is 5.52 Å². The minimum atomic E-state index is -0.457. The Balaban J connectivity index is 1.69. The monoisotopic (exact) mass is 374 g/mol. The Labute approximate surface area is 161 Å². The number of fused-ring (bicyclic) bond motifs is 1. The van der Waals surface area contributed by atoms with Gasteiger partial charge in [-0.25, -0.2) is 9.37 Å². The number of carbonyl (C=O) groups is 1. The first-order valence-corrected chi connectivity index (χ1v) is 8.89. The van der Waals surface area contributed by atoms with E-state index in [1.165, 1.54) is 12.1 Å². The highest BCUT2D eigenvalue weighted by atomic mass is 19.1. The van der Waals surface area contributed by atoms with E-state index in [9.17, 15) is 9.18 Å². The Bertz CT molecular complexity index is 1180. The van der Waals surface area contributed by atoms with Gasteiger partial charge in [0.1, 0.15) is 17.5 Å². The maximum absolute atomic E-state index is 13.3. The lowest BCUT2D eigenvalue weighted by molar-refractivity contribution is 0.100. The summed E-state index contributed by atoms with van der Waals surface area (Å²) in [4.78, 5) is 16.4. The smallest absolute Gasteiger partial charge is 0.249 e. The molecular formula is C22H19FN4O. The SMILES string of the molecule is Cc1cc2c(C(N)=O)cccc2n1-c1cccc(NCc2cccc(F)c2)n1. The number of aryl methyl sites for hydroxylation is 1. The predicted octanol–water partition coefficient (Wildman–Crippen LogP) is 4.18. The fraction of sp³-hybridized carbons (Fsp3) is 0.0909. The van der Waals surface area contributed by atoms with Gasteiger partial charge in [0.2, 0.25) is 5.91 Å². The third-order valence-corrected chi connectivity index (χ3v) is 4.62. The molecule has 4 aromatic rings. The highest BCUT2D eigenvalue weighted by Gasteiger charge is 2.14. The van der Waals surface area contributed by atoms with Crippen LogP contribution >= 0.6 is 0 Å². The Hall–Kier alpha value is -3.67. The Morgan fingerprint density at radius 3 is 2.68 bits per heavy atom. The van der Waals surface area contributed by atoms with Crippen LogP contribution in [0.3, 0.4) is 0 Å². The molecule has 1 amide bonds. The zero-order chi connectivity index (χ0) is 19.7. The minimum Gasteiger partial charge on any atom is -0.366 e. The van der Waals surface area contributed by atoms with Crippen LogP contribution in [0.4, 0.5) is 10.2 Å². The van der Waals surface area contributed by atoms with Crippen molar-refractivity contribution in [2.24, 2.45) is 5.73 Å². The zero-order valence-corrected chi connectivity index (χ0v) is 15.3. The lowest BCUT2D eigenvalue weighted by Gasteiger charge is -2.11. The van der Waals surface area contributed by atoms with E-state index < -0.39 is 5.91 Å². The molecule has 0 radical (unpaired) electrons. The summed E-state index contributed by atoms with van der Waals surface area (Å²) in [6.45, 7) is 2.42. The van der Waals surface area contributed by atoms with E-state index in [-0.39, 0.29) is 5.82 Å². The first kappa shape index (κ1) is 17.7. The van der Waals surface area contributed by atoms with E-state index in [1.807, 2.05) is 54.0 Å². The molecule has 4 rings (SSSR count). The number of carbonyl (C=O) groups excluding carboxylic acids is 1. The van der Waals surface area contributed by atoms with Gasteiger partial charge in [-0.1, -0.05) is 24.3 Å². The molecule has 6 heteroatoms. The number of primary amides is 1. The van der Waals surface area contributed by atoms with Crippen LogP contribution in [0.5, 0.6) is 0 Å². The number of hydrogen-bond acceptors (Lipinski definition) is 3. The molecule has 140 valence electrons. The van der Waals surface area contributed by atoms with Crippen molar-refractivity contribution in [2.45, 2.75) is 13.5 Å². The van der Waals surface area contributed by atoms with Gasteiger partial charge in [0, 0.05) is 23.2 Å². The van der Waals surface area contributed by atoms with Crippen LogP contribution in [0, 0.1) is 12.7 Å². The van der Waals surface area contributed by atoms with E-state index in [4.69, 9.17) is 5.73 Å². The summed E-state index contributed by atoms with van der Waals surface area (Å²) in [7, 11) is 0. The molecule has 0 saturated heterocycles. The van der Waals surface area contributed by atoms with E-state index >= 15 is 0 Å². The minimum absolute atomic E-state index is 0.263. The Kier molecular flexibility index (Phi) is 4.53. The number of amides is 1. The molecule has 0 saturated carbocycles. The van der Waals surface area contributed by atoms with Crippen molar-refractivity contribution in [3.05, 3.63) is 89.4 Å². The van der Waals surface area contributed by atoms with Gasteiger partial charge >= 0.3 is 0 Å². The van der Waals surface area contributed by atoms with Crippen molar-refractivity contribution in [3.63, 3.8) is 0 Å². The first-order valence-electron chi connectivity index (χ1n) is 8.89. The van der Waals surface area contributed by atoms with Crippen LogP contribution in [0.1, 0.15) is 21.6 Å². The van der Waals surface area contributed by atoms with Gasteiger partial charge in [0.15, 0.2) is 0 Å². The largest absolute Gasteiger partial charge is 0.366 e. The second-order valence-electron chi connectivity index (χ2n) is 6.59. The fourth-order valence-electron chi connectivity index (χ4n) is 3.37. The molecule has 0 aliphatic carbocycles. The van der Waals surface area contributed by atoms with Crippen molar-refractivity contribution in [1.82, 2.24) is 9.55 Å². The molecule has 0 spiro atoms. The molecule has 0 unspecified atom stereocenters. The average molecular weight is 374 g/mol. The molecule has 0 bridgehead atoms. The fourth-order valence-corrected chi connectivity index (χ4v) is 3.37. The number of nitrogens with two attached hydrogens (primary N) is 1. The molecule has 0 atom stereocenters. The third kappa shape index (κ3) is 3.32. The molecule has 0 aliphatic heterocycles. The maximum atomic E-state index is 13.3. The van der Waals surface area contributed by atoms with Crippen LogP contribution in [0.15, 0.2) is 66.7 Å². The number of hydrogen-bond donors (Lipinski definition) is 2. The second-order valence-corrected chi connectivity index (χ2v) is 6.59. The van der Waals surface area contributed by atoms with Crippen LogP contribution in [-0.2, 0) is 6.54 Å². The van der Waals surface area contributed by atoms with E-state index in [2.05, 4.69) is 10.3 Å². The maximum Gasteiger partial charge on any atom is 0.249 e. The molecule has 0 fully saturated rings. The molecule has 2 aromatic heterocycles. The van der Waals surface area contributed by atoms with Crippen LogP contribution in [0.2, 0.25) is 0 Å². The molecular weight excluding hydrogens is 355 g/mol. The molecule has 2 aromatic carbocycles. The van der Waals surface area contributed by atoms with Gasteiger partial charge in [0.25, 0.3) is 0 Å². The third-order valence-electron chi connectivity index (χ3n) is 4.62. The molecule has 5 nitrogen and oxygen atoms in total. The normalized spacial score (nSPS) is 10.9. The summed E-state index contributed by atoms with van der Waals surface area (Å²) in [5.74, 6) is 0.675. The van der Waals surface area contributed by atoms with Crippen molar-refractivity contribution in [1.29, 1.82) is 0 Å². The second kappa shape index (κ2) is 7.15. The summed E-state index contributed by atoms with van der Waals surface area (Å²) in [6.07, 6.45) is 0. The molecule has 3 N–H and O–H groups in total. The number of nitrogens with zero attached hydrogens (tertiary/aromatic N) is 2. The topological polar surface area (TPSA) is 72.9 Å². The summed E-state index contributed by atoms with van der Waals surface area (Å²) in [5.41, 5.74) is 8.63. The highest BCUT2D eigenvalue weighted by Crippen LogP contribution is 2.26. The molecule has 0 aliphatic rings. The number of rotatable bonds is 5. The number of aromatic nitrogens is 2. The number of benzene rings is 2. The van der Waals surface area contributed by atoms with Crippen LogP contribution < -0.4 is 11.1 Å². The van der Waals surface area contributed by atoms with Gasteiger partial charge in [-0.15, -0.1) is 0 Å². The lowest BCUT2D eigenvalue weighted by atomic mass is 10.1. The van der Waals surface area contributed by atoms with Crippen LogP contribution in [0.25, 0.3) is 16.7 Å². The zero-order valence-electron chi connectivity index (χ0n) is 15.3. The summed E-state index contributed by atoms with van der Waals surface area (Å²) in [6, 6.07) is 19.5. The van der Waals surface area contributed by atoms with Crippen molar-refractivity contribution >= 4 is 22.6 Å². The van der Waals surface area contributed by atoms with E-state index in [1.54, 1.807) is 12.1 Å². The van der Waals surface area contributed by atoms with Crippen molar-refractivity contribution in [2.75, 3.05) is 5.32 Å². The number of anilines is 1. The van der Waals surface area contributed by atoms with Crippen molar-refractivity contribution in [3.8, 4) is 5.82 Å². The Morgan fingerprint density at radius 1 is 1.11 bits per heavy atom. The van der Waals surface area contributed by atoms with Gasteiger partial charge in [-0.2, -0.15) is 0 Å². The molecule has 2 heterocycles. The highest BCUT2D eigenvalue weighted by molar-refractivity contribution is 6.06. The standard InChI is InChI=1S/C22H19FN4O/c1-14-11-18-17(22(24)28)7-3-8-19(18)27(14)21-10-4-9-20(26-21)25-13-15-5-2-6-16(23)12-15/h2-12H,13H2,1H3,(H2,24,28)(H,25,26). The van der Waals surface area contributed by atoms with Gasteiger partial charge < -0.3 is 11.1 Å². The van der Waals surface area contributed by atoms with Crippen LogP contribution in [-0.4, -0.2) is 15.5 Å².